The van der Waals surface area contributed by atoms with Gasteiger partial charge in [0.2, 0.25) is 0 Å². The second-order valence-electron chi connectivity index (χ2n) is 4.01. The quantitative estimate of drug-likeness (QED) is 0.648. The normalized spacial score (nSPS) is 10.2. The van der Waals surface area contributed by atoms with Gasteiger partial charge >= 0.3 is 5.97 Å². The number of nitrogens with zero attached hydrogens (tertiary/aromatic N) is 2. The topological polar surface area (TPSA) is 105 Å². The van der Waals surface area contributed by atoms with Crippen molar-refractivity contribution in [2.24, 2.45) is 0 Å². The molecule has 0 radical (unpaired) electrons. The lowest BCUT2D eigenvalue weighted by Crippen LogP contribution is -2.07. The summed E-state index contributed by atoms with van der Waals surface area (Å²) in [5.74, 6) is -1.14. The Bertz CT molecular complexity index is 668. The molecule has 1 aromatic carbocycles. The van der Waals surface area contributed by atoms with E-state index in [9.17, 15) is 14.9 Å². The number of aromatic nitrogens is 1. The number of aromatic carboxylic acids is 1. The first kappa shape index (κ1) is 13.9. The van der Waals surface area contributed by atoms with Gasteiger partial charge in [-0.1, -0.05) is 0 Å². The first-order valence-corrected chi connectivity index (χ1v) is 6.51. The molecule has 2 rings (SSSR count). The number of aryl methyl sites for hydroxylation is 1. The number of thiazole rings is 1. The molecule has 20 heavy (non-hydrogen) atoms. The van der Waals surface area contributed by atoms with E-state index in [1.54, 1.807) is 5.51 Å². The van der Waals surface area contributed by atoms with Crippen LogP contribution in [0.2, 0.25) is 0 Å². The van der Waals surface area contributed by atoms with Crippen molar-refractivity contribution in [2.45, 2.75) is 13.5 Å². The number of anilines is 1. The van der Waals surface area contributed by atoms with Crippen LogP contribution in [0.5, 0.6) is 0 Å². The first-order chi connectivity index (χ1) is 9.49. The molecule has 0 saturated heterocycles. The van der Waals surface area contributed by atoms with Gasteiger partial charge in [-0.15, -0.1) is 11.3 Å². The van der Waals surface area contributed by atoms with E-state index in [1.165, 1.54) is 29.5 Å². The third-order valence-corrected chi connectivity index (χ3v) is 3.66. The fourth-order valence-corrected chi connectivity index (χ4v) is 2.37. The Hall–Kier alpha value is -2.48. The van der Waals surface area contributed by atoms with Crippen LogP contribution in [0.15, 0.2) is 23.7 Å². The van der Waals surface area contributed by atoms with Gasteiger partial charge in [-0.2, -0.15) is 0 Å². The zero-order chi connectivity index (χ0) is 14.7. The Morgan fingerprint density at radius 2 is 2.30 bits per heavy atom. The fraction of sp³-hybridized carbons (Fsp3) is 0.167. The number of non-ortho nitro benzene ring substituents is 1. The summed E-state index contributed by atoms with van der Waals surface area (Å²) in [5, 5.41) is 22.7. The van der Waals surface area contributed by atoms with Gasteiger partial charge in [0, 0.05) is 17.0 Å². The molecule has 8 heteroatoms. The number of nitrogens with one attached hydrogen (secondary N) is 1. The number of nitro benzene ring substituents is 1. The monoisotopic (exact) mass is 293 g/mol. The maximum absolute atomic E-state index is 11.1. The van der Waals surface area contributed by atoms with Crippen molar-refractivity contribution in [2.75, 3.05) is 5.32 Å². The molecule has 0 aliphatic heterocycles. The Morgan fingerprint density at radius 3 is 2.85 bits per heavy atom. The lowest BCUT2D eigenvalue weighted by atomic mass is 10.1. The van der Waals surface area contributed by atoms with Crippen LogP contribution < -0.4 is 5.32 Å². The zero-order valence-corrected chi connectivity index (χ0v) is 11.3. The molecule has 1 heterocycles. The lowest BCUT2D eigenvalue weighted by molar-refractivity contribution is -0.384. The van der Waals surface area contributed by atoms with E-state index < -0.39 is 10.9 Å². The van der Waals surface area contributed by atoms with Gasteiger partial charge in [-0.25, -0.2) is 9.78 Å². The molecular weight excluding hydrogens is 282 g/mol. The van der Waals surface area contributed by atoms with Crippen LogP contribution >= 0.6 is 11.3 Å². The van der Waals surface area contributed by atoms with E-state index in [4.69, 9.17) is 5.11 Å². The Morgan fingerprint density at radius 1 is 1.55 bits per heavy atom. The lowest BCUT2D eigenvalue weighted by Gasteiger charge is -2.08. The summed E-state index contributed by atoms with van der Waals surface area (Å²) in [7, 11) is 0. The number of benzene rings is 1. The van der Waals surface area contributed by atoms with Crippen LogP contribution in [0.25, 0.3) is 0 Å². The van der Waals surface area contributed by atoms with Crippen LogP contribution in [0.4, 0.5) is 11.4 Å². The van der Waals surface area contributed by atoms with Gasteiger partial charge in [-0.3, -0.25) is 10.1 Å². The number of carboxylic acid groups (broad SMARTS) is 1. The molecule has 0 aliphatic rings. The van der Waals surface area contributed by atoms with E-state index in [0.29, 0.717) is 6.54 Å². The van der Waals surface area contributed by atoms with Crippen molar-refractivity contribution in [3.8, 4) is 0 Å². The second kappa shape index (κ2) is 5.66. The van der Waals surface area contributed by atoms with Crippen molar-refractivity contribution in [1.82, 2.24) is 4.98 Å². The van der Waals surface area contributed by atoms with Gasteiger partial charge < -0.3 is 10.4 Å². The third kappa shape index (κ3) is 2.91. The number of nitro groups is 1. The highest BCUT2D eigenvalue weighted by molar-refractivity contribution is 7.09. The van der Waals surface area contributed by atoms with Gasteiger partial charge in [0.15, 0.2) is 0 Å². The first-order valence-electron chi connectivity index (χ1n) is 5.63. The number of hydrogen-bond donors (Lipinski definition) is 2. The Balaban J connectivity index is 2.28. The second-order valence-corrected chi connectivity index (χ2v) is 4.95. The minimum absolute atomic E-state index is 0.00207. The summed E-state index contributed by atoms with van der Waals surface area (Å²) in [6.07, 6.45) is 0. The van der Waals surface area contributed by atoms with E-state index in [2.05, 4.69) is 10.3 Å². The summed E-state index contributed by atoms with van der Waals surface area (Å²) >= 11 is 1.44. The summed E-state index contributed by atoms with van der Waals surface area (Å²) in [6, 6.07) is 3.62. The Labute approximate surface area is 118 Å². The zero-order valence-electron chi connectivity index (χ0n) is 10.5. The fourth-order valence-electron chi connectivity index (χ4n) is 1.65. The van der Waals surface area contributed by atoms with Crippen molar-refractivity contribution >= 4 is 28.7 Å². The van der Waals surface area contributed by atoms with Gasteiger partial charge in [-0.05, 0) is 13.0 Å². The van der Waals surface area contributed by atoms with E-state index in [0.717, 1.165) is 10.6 Å². The highest BCUT2D eigenvalue weighted by atomic mass is 32.1. The summed E-state index contributed by atoms with van der Waals surface area (Å²) in [6.45, 7) is 2.22. The molecule has 0 spiro atoms. The van der Waals surface area contributed by atoms with Crippen LogP contribution in [-0.4, -0.2) is 21.0 Å². The molecule has 2 aromatic rings. The molecule has 2 N–H and O–H groups in total. The van der Waals surface area contributed by atoms with Gasteiger partial charge in [0.25, 0.3) is 5.69 Å². The molecule has 0 atom stereocenters. The average Bonchev–Trinajstić information content (AvgIpc) is 2.81. The molecule has 0 amide bonds. The maximum Gasteiger partial charge on any atom is 0.337 e. The average molecular weight is 293 g/mol. The van der Waals surface area contributed by atoms with Crippen molar-refractivity contribution < 1.29 is 14.8 Å². The van der Waals surface area contributed by atoms with Crippen molar-refractivity contribution in [1.29, 1.82) is 0 Å². The number of carboxylic acids is 1. The van der Waals surface area contributed by atoms with Crippen LogP contribution in [-0.2, 0) is 6.54 Å². The smallest absolute Gasteiger partial charge is 0.337 e. The molecule has 0 fully saturated rings. The van der Waals surface area contributed by atoms with Crippen LogP contribution in [0, 0.1) is 17.0 Å². The largest absolute Gasteiger partial charge is 0.478 e. The summed E-state index contributed by atoms with van der Waals surface area (Å²) in [4.78, 5) is 26.3. The van der Waals surface area contributed by atoms with Gasteiger partial charge in [0.1, 0.15) is 0 Å². The van der Waals surface area contributed by atoms with Crippen LogP contribution in [0.3, 0.4) is 0 Å². The predicted molar refractivity (Wildman–Crippen MR) is 74.2 cm³/mol. The molecule has 1 aromatic heterocycles. The van der Waals surface area contributed by atoms with Gasteiger partial charge in [0.05, 0.1) is 33.9 Å². The maximum atomic E-state index is 11.1. The molecule has 104 valence electrons. The summed E-state index contributed by atoms with van der Waals surface area (Å²) < 4.78 is 0. The number of hydrogen-bond acceptors (Lipinski definition) is 6. The van der Waals surface area contributed by atoms with E-state index >= 15 is 0 Å². The summed E-state index contributed by atoms with van der Waals surface area (Å²) in [5.41, 5.74) is 2.61. The number of carbonyl (C=O) groups is 1. The van der Waals surface area contributed by atoms with Crippen LogP contribution in [0.1, 0.15) is 20.9 Å². The highest BCUT2D eigenvalue weighted by Crippen LogP contribution is 2.24. The van der Waals surface area contributed by atoms with Crippen molar-refractivity contribution in [3.05, 3.63) is 50.0 Å². The van der Waals surface area contributed by atoms with Crippen molar-refractivity contribution in [3.63, 3.8) is 0 Å². The standard InChI is InChI=1S/C12H11N3O4S/c1-7-11(20-6-14-7)5-13-10-4-8(15(18)19)2-3-9(10)12(16)17/h2-4,6,13H,5H2,1H3,(H,16,17). The predicted octanol–water partition coefficient (Wildman–Crippen LogP) is 2.67. The van der Waals surface area contributed by atoms with E-state index in [-0.39, 0.29) is 16.9 Å². The highest BCUT2D eigenvalue weighted by Gasteiger charge is 2.15. The third-order valence-electron chi connectivity index (χ3n) is 2.73. The minimum atomic E-state index is -1.14. The molecule has 0 bridgehead atoms. The molecule has 0 aliphatic carbocycles. The minimum Gasteiger partial charge on any atom is -0.478 e. The SMILES string of the molecule is Cc1ncsc1CNc1cc([N+](=O)[O-])ccc1C(=O)O. The molecule has 0 saturated carbocycles. The molecular formula is C12H11N3O4S. The Kier molecular flexibility index (Phi) is 3.94. The molecule has 0 unspecified atom stereocenters. The van der Waals surface area contributed by atoms with E-state index in [1.807, 2.05) is 6.92 Å². The molecule has 7 nitrogen and oxygen atoms in total. The number of rotatable bonds is 5.